The lowest BCUT2D eigenvalue weighted by Crippen LogP contribution is -2.06. The van der Waals surface area contributed by atoms with Crippen LogP contribution in [0.3, 0.4) is 0 Å². The summed E-state index contributed by atoms with van der Waals surface area (Å²) in [5.41, 5.74) is 22.8. The molecule has 3 heterocycles. The van der Waals surface area contributed by atoms with Crippen molar-refractivity contribution in [2.45, 2.75) is 0 Å². The normalized spacial score (nSPS) is 11.2. The van der Waals surface area contributed by atoms with E-state index in [2.05, 4.69) is 240 Å². The summed E-state index contributed by atoms with van der Waals surface area (Å²) in [7, 11) is 0. The minimum absolute atomic E-state index is 0.374. The molecular weight excluding hydrogens is 1190 g/mol. The van der Waals surface area contributed by atoms with E-state index in [1.165, 1.54) is 0 Å². The molecule has 3 aromatic heterocycles. The minimum Gasteiger partial charge on any atom is -0.308 e. The lowest BCUT2D eigenvalue weighted by atomic mass is 9.96. The summed E-state index contributed by atoms with van der Waals surface area (Å²) in [6.07, 6.45) is 0. The molecule has 0 atom stereocenters. The lowest BCUT2D eigenvalue weighted by molar-refractivity contribution is 1.06. The number of aromatic nitrogens is 5. The van der Waals surface area contributed by atoms with Crippen molar-refractivity contribution in [3.05, 3.63) is 344 Å². The third-order valence-electron chi connectivity index (χ3n) is 18.8. The van der Waals surface area contributed by atoms with Gasteiger partial charge in [0.2, 0.25) is 0 Å². The fourth-order valence-electron chi connectivity index (χ4n) is 14.0. The molecule has 454 valence electrons. The summed E-state index contributed by atoms with van der Waals surface area (Å²) in [5, 5.41) is 35.8. The molecule has 0 radical (unpaired) electrons. The second-order valence-electron chi connectivity index (χ2n) is 24.4. The predicted molar refractivity (Wildman–Crippen MR) is 397 cm³/mol. The number of fused-ring (bicyclic) bond motifs is 6. The highest BCUT2D eigenvalue weighted by atomic mass is 15.1. The second kappa shape index (κ2) is 24.6. The van der Waals surface area contributed by atoms with Gasteiger partial charge < -0.3 is 9.13 Å². The highest BCUT2D eigenvalue weighted by Gasteiger charge is 2.26. The smallest absolute Gasteiger partial charge is 0.166 e. The Morgan fingerprint density at radius 3 is 0.857 bits per heavy atom. The van der Waals surface area contributed by atoms with Crippen molar-refractivity contribution in [2.75, 3.05) is 0 Å². The van der Waals surface area contributed by atoms with Crippen molar-refractivity contribution < 1.29 is 0 Å². The quantitative estimate of drug-likeness (QED) is 0.120. The van der Waals surface area contributed by atoms with Gasteiger partial charge in [0.25, 0.3) is 0 Å². The second-order valence-corrected chi connectivity index (χ2v) is 24.4. The Morgan fingerprint density at radius 1 is 0.214 bits per heavy atom. The Balaban J connectivity index is 0.988. The number of rotatable bonds is 12. The third kappa shape index (κ3) is 10.3. The van der Waals surface area contributed by atoms with E-state index in [0.29, 0.717) is 45.3 Å². The largest absolute Gasteiger partial charge is 0.308 e. The maximum absolute atomic E-state index is 10.8. The number of nitrogens with zero attached hydrogens (tertiary/aromatic N) is 8. The van der Waals surface area contributed by atoms with E-state index in [4.69, 9.17) is 15.0 Å². The molecule has 0 unspecified atom stereocenters. The van der Waals surface area contributed by atoms with E-state index in [-0.39, 0.29) is 0 Å². The van der Waals surface area contributed by atoms with Crippen molar-refractivity contribution in [3.63, 3.8) is 0 Å². The van der Waals surface area contributed by atoms with Crippen LogP contribution < -0.4 is 0 Å². The van der Waals surface area contributed by atoms with E-state index in [0.717, 1.165) is 138 Å². The molecule has 0 amide bonds. The van der Waals surface area contributed by atoms with Gasteiger partial charge in [0.1, 0.15) is 0 Å². The highest BCUT2D eigenvalue weighted by Crippen LogP contribution is 2.45. The topological polar surface area (TPSA) is 120 Å². The molecule has 98 heavy (non-hydrogen) atoms. The average molecular weight is 1250 g/mol. The molecule has 0 aliphatic carbocycles. The predicted octanol–water partition coefficient (Wildman–Crippen LogP) is 22.4. The van der Waals surface area contributed by atoms with E-state index < -0.39 is 0 Å². The van der Waals surface area contributed by atoms with Gasteiger partial charge in [0.05, 0.1) is 68.3 Å². The fraction of sp³-hybridized carbons (Fsp3) is 0. The molecule has 17 rings (SSSR count). The monoisotopic (exact) mass is 1250 g/mol. The summed E-state index contributed by atoms with van der Waals surface area (Å²) >= 11 is 0. The Bertz CT molecular complexity index is 5610. The zero-order valence-electron chi connectivity index (χ0n) is 52.8. The molecular formula is C90H54N8. The Kier molecular flexibility index (Phi) is 14.5. The lowest BCUT2D eigenvalue weighted by Gasteiger charge is -2.19. The number of hydrogen-bond donors (Lipinski definition) is 0. The van der Waals surface area contributed by atoms with Crippen LogP contribution in [0.4, 0.5) is 0 Å². The number of nitriles is 3. The summed E-state index contributed by atoms with van der Waals surface area (Å²) < 4.78 is 4.65. The zero-order chi connectivity index (χ0) is 65.6. The van der Waals surface area contributed by atoms with Crippen LogP contribution in [0.1, 0.15) is 16.7 Å². The van der Waals surface area contributed by atoms with Crippen molar-refractivity contribution in [2.24, 2.45) is 0 Å². The third-order valence-corrected chi connectivity index (χ3v) is 18.8. The fourth-order valence-corrected chi connectivity index (χ4v) is 14.0. The van der Waals surface area contributed by atoms with E-state index >= 15 is 0 Å². The average Bonchev–Trinajstić information content (AvgIpc) is 1.56. The van der Waals surface area contributed by atoms with Crippen LogP contribution in [0.25, 0.3) is 167 Å². The molecule has 0 spiro atoms. The van der Waals surface area contributed by atoms with E-state index in [1.807, 2.05) is 115 Å². The summed E-state index contributed by atoms with van der Waals surface area (Å²) in [5.74, 6) is 1.15. The molecule has 0 saturated heterocycles. The van der Waals surface area contributed by atoms with E-state index in [9.17, 15) is 15.8 Å². The molecule has 0 aliphatic heterocycles. The molecule has 0 bridgehead atoms. The summed E-state index contributed by atoms with van der Waals surface area (Å²) in [6.45, 7) is 0. The van der Waals surface area contributed by atoms with Crippen LogP contribution in [-0.2, 0) is 0 Å². The van der Waals surface area contributed by atoms with Gasteiger partial charge in [0.15, 0.2) is 17.5 Å². The zero-order valence-corrected chi connectivity index (χ0v) is 52.8. The standard InChI is InChI=1S/C90H54N8/c91-55-58-33-35-63(36-34-58)74-31-17-18-32-75(74)88-94-89(80-53-68(72-29-15-13-27-70(72)56-92)41-47-86(80)97-82-43-37-64(59-19-5-1-6-20-59)49-76(82)77-50-65(38-44-83(77)97)60-21-7-2-8-22-60)96-90(95-88)81-54-69(73-30-16-14-28-71(73)57-93)42-48-87(81)98-84-45-39-66(61-23-9-3-10-24-61)51-78(84)79-52-67(40-46-85(79)98)62-25-11-4-12-26-62/h1-54H. The Morgan fingerprint density at radius 2 is 0.510 bits per heavy atom. The summed E-state index contributed by atoms with van der Waals surface area (Å²) in [4.78, 5) is 17.3. The molecule has 0 aliphatic rings. The molecule has 8 nitrogen and oxygen atoms in total. The Labute approximate surface area is 566 Å². The SMILES string of the molecule is N#Cc1ccc(-c2ccccc2-c2nc(-c3cc(-c4ccccc4C#N)ccc3-n3c4ccc(-c5ccccc5)cc4c4cc(-c5ccccc5)ccc43)nc(-c3cc(-c4ccccc4C#N)ccc3-n3c4ccc(-c5ccccc5)cc4c4cc(-c5ccccc5)ccc43)n2)cc1. The van der Waals surface area contributed by atoms with Gasteiger partial charge in [-0.25, -0.2) is 15.0 Å². The van der Waals surface area contributed by atoms with Gasteiger partial charge in [-0.3, -0.25) is 0 Å². The van der Waals surface area contributed by atoms with Gasteiger partial charge >= 0.3 is 0 Å². The van der Waals surface area contributed by atoms with E-state index in [1.54, 1.807) is 0 Å². The van der Waals surface area contributed by atoms with Crippen LogP contribution in [0.2, 0.25) is 0 Å². The van der Waals surface area contributed by atoms with Crippen LogP contribution in [0, 0.1) is 34.0 Å². The van der Waals surface area contributed by atoms with Crippen molar-refractivity contribution in [1.29, 1.82) is 15.8 Å². The maximum Gasteiger partial charge on any atom is 0.166 e. The van der Waals surface area contributed by atoms with Crippen molar-refractivity contribution in [1.82, 2.24) is 24.1 Å². The van der Waals surface area contributed by atoms with Crippen LogP contribution in [0.5, 0.6) is 0 Å². The number of benzene rings is 14. The van der Waals surface area contributed by atoms with Gasteiger partial charge in [-0.15, -0.1) is 0 Å². The molecule has 0 fully saturated rings. The highest BCUT2D eigenvalue weighted by molar-refractivity contribution is 6.14. The van der Waals surface area contributed by atoms with Crippen LogP contribution >= 0.6 is 0 Å². The Hall–Kier alpha value is -13.8. The van der Waals surface area contributed by atoms with Gasteiger partial charge in [-0.1, -0.05) is 231 Å². The van der Waals surface area contributed by atoms with Crippen LogP contribution in [0.15, 0.2) is 328 Å². The molecule has 17 aromatic rings. The minimum atomic E-state index is 0.374. The maximum atomic E-state index is 10.8. The molecule has 14 aromatic carbocycles. The molecule has 0 N–H and O–H groups in total. The number of hydrogen-bond acceptors (Lipinski definition) is 6. The van der Waals surface area contributed by atoms with Gasteiger partial charge in [-0.05, 0) is 175 Å². The summed E-state index contributed by atoms with van der Waals surface area (Å²) in [6, 6.07) is 120. The molecule has 0 saturated carbocycles. The first-order chi connectivity index (χ1) is 48.4. The van der Waals surface area contributed by atoms with Crippen molar-refractivity contribution in [3.8, 4) is 142 Å². The van der Waals surface area contributed by atoms with Crippen LogP contribution in [-0.4, -0.2) is 24.1 Å². The van der Waals surface area contributed by atoms with Crippen molar-refractivity contribution >= 4 is 43.6 Å². The van der Waals surface area contributed by atoms with Gasteiger partial charge in [-0.2, -0.15) is 15.8 Å². The molecule has 8 heteroatoms. The first-order valence-corrected chi connectivity index (χ1v) is 32.5. The first-order valence-electron chi connectivity index (χ1n) is 32.5. The van der Waals surface area contributed by atoms with Gasteiger partial charge in [0, 0.05) is 38.2 Å². The first kappa shape index (κ1) is 58.0.